The predicted octanol–water partition coefficient (Wildman–Crippen LogP) is 3.63. The van der Waals surface area contributed by atoms with E-state index in [9.17, 15) is 4.39 Å². The van der Waals surface area contributed by atoms with Crippen LogP contribution in [0.5, 0.6) is 0 Å². The Bertz CT molecular complexity index is 635. The van der Waals surface area contributed by atoms with Crippen molar-refractivity contribution in [2.75, 3.05) is 13.1 Å². The Labute approximate surface area is 141 Å². The van der Waals surface area contributed by atoms with Crippen LogP contribution in [0.1, 0.15) is 24.0 Å². The fraction of sp³-hybridized carbons (Fsp3) is 0.389. The first-order chi connectivity index (χ1) is 11.2. The van der Waals surface area contributed by atoms with Crippen molar-refractivity contribution >= 4 is 11.6 Å². The van der Waals surface area contributed by atoms with E-state index in [1.807, 2.05) is 24.5 Å². The molecule has 1 atom stereocenters. The lowest BCUT2D eigenvalue weighted by molar-refractivity contribution is 0.182. The van der Waals surface area contributed by atoms with Gasteiger partial charge in [-0.25, -0.2) is 4.39 Å². The number of pyridine rings is 1. The molecule has 5 heteroatoms. The summed E-state index contributed by atoms with van der Waals surface area (Å²) in [6.45, 7) is 3.67. The lowest BCUT2D eigenvalue weighted by Crippen LogP contribution is -2.45. The molecule has 1 unspecified atom stereocenters. The zero-order valence-corrected chi connectivity index (χ0v) is 13.8. The number of halogens is 2. The number of aromatic nitrogens is 1. The Hall–Kier alpha value is -1.49. The smallest absolute Gasteiger partial charge is 0.124 e. The molecule has 3 nitrogen and oxygen atoms in total. The highest BCUT2D eigenvalue weighted by atomic mass is 35.5. The standard InChI is InChI=1S/C18H21ClFN3/c19-18-10-16(20)4-3-15(18)12-23-9-1-2-17(13-23)22-11-14-5-7-21-8-6-14/h3-8,10,17,22H,1-2,9,11-13H2. The summed E-state index contributed by atoms with van der Waals surface area (Å²) < 4.78 is 13.1. The highest BCUT2D eigenvalue weighted by Gasteiger charge is 2.20. The fourth-order valence-electron chi connectivity index (χ4n) is 3.02. The first-order valence-corrected chi connectivity index (χ1v) is 8.37. The molecule has 0 bridgehead atoms. The molecule has 1 aliphatic heterocycles. The number of hydrogen-bond donors (Lipinski definition) is 1. The van der Waals surface area contributed by atoms with Crippen molar-refractivity contribution in [2.24, 2.45) is 0 Å². The molecular formula is C18H21ClFN3. The van der Waals surface area contributed by atoms with E-state index in [-0.39, 0.29) is 5.82 Å². The van der Waals surface area contributed by atoms with E-state index in [1.165, 1.54) is 24.1 Å². The van der Waals surface area contributed by atoms with E-state index in [4.69, 9.17) is 11.6 Å². The average Bonchev–Trinajstić information content (AvgIpc) is 2.57. The molecule has 0 radical (unpaired) electrons. The minimum absolute atomic E-state index is 0.283. The van der Waals surface area contributed by atoms with Crippen LogP contribution in [-0.2, 0) is 13.1 Å². The van der Waals surface area contributed by atoms with Gasteiger partial charge in [-0.3, -0.25) is 9.88 Å². The monoisotopic (exact) mass is 333 g/mol. The molecule has 0 spiro atoms. The van der Waals surface area contributed by atoms with Gasteiger partial charge < -0.3 is 5.32 Å². The van der Waals surface area contributed by atoms with Crippen LogP contribution < -0.4 is 5.32 Å². The summed E-state index contributed by atoms with van der Waals surface area (Å²) in [5, 5.41) is 4.13. The maximum Gasteiger partial charge on any atom is 0.124 e. The van der Waals surface area contributed by atoms with E-state index in [2.05, 4.69) is 15.2 Å². The summed E-state index contributed by atoms with van der Waals surface area (Å²) in [7, 11) is 0. The quantitative estimate of drug-likeness (QED) is 0.905. The highest BCUT2D eigenvalue weighted by Crippen LogP contribution is 2.21. The van der Waals surface area contributed by atoms with Crippen LogP contribution in [0.3, 0.4) is 0 Å². The maximum atomic E-state index is 13.1. The summed E-state index contributed by atoms with van der Waals surface area (Å²) in [4.78, 5) is 6.42. The Balaban J connectivity index is 1.53. The van der Waals surface area contributed by atoms with Crippen molar-refractivity contribution < 1.29 is 4.39 Å². The Morgan fingerprint density at radius 1 is 1.26 bits per heavy atom. The second kappa shape index (κ2) is 7.86. The van der Waals surface area contributed by atoms with E-state index in [0.717, 1.165) is 38.2 Å². The van der Waals surface area contributed by atoms with Crippen molar-refractivity contribution in [2.45, 2.75) is 32.0 Å². The largest absolute Gasteiger partial charge is 0.309 e. The van der Waals surface area contributed by atoms with E-state index >= 15 is 0 Å². The zero-order valence-electron chi connectivity index (χ0n) is 13.0. The van der Waals surface area contributed by atoms with Crippen LogP contribution in [0.4, 0.5) is 4.39 Å². The maximum absolute atomic E-state index is 13.1. The lowest BCUT2D eigenvalue weighted by Gasteiger charge is -2.33. The van der Waals surface area contributed by atoms with Gasteiger partial charge >= 0.3 is 0 Å². The second-order valence-electron chi connectivity index (χ2n) is 6.05. The third-order valence-electron chi connectivity index (χ3n) is 4.26. The van der Waals surface area contributed by atoms with Gasteiger partial charge in [0.25, 0.3) is 0 Å². The van der Waals surface area contributed by atoms with E-state index in [0.29, 0.717) is 11.1 Å². The topological polar surface area (TPSA) is 28.2 Å². The molecule has 23 heavy (non-hydrogen) atoms. The number of likely N-dealkylation sites (tertiary alicyclic amines) is 1. The minimum atomic E-state index is -0.283. The molecule has 1 aromatic heterocycles. The summed E-state index contributed by atoms with van der Waals surface area (Å²) >= 11 is 6.14. The Morgan fingerprint density at radius 2 is 2.09 bits per heavy atom. The third-order valence-corrected chi connectivity index (χ3v) is 4.61. The lowest BCUT2D eigenvalue weighted by atomic mass is 10.0. The number of hydrogen-bond acceptors (Lipinski definition) is 3. The molecule has 2 aromatic rings. The normalized spacial score (nSPS) is 19.0. The van der Waals surface area contributed by atoms with Gasteiger partial charge in [-0.1, -0.05) is 17.7 Å². The molecule has 0 saturated carbocycles. The first kappa shape index (κ1) is 16.4. The first-order valence-electron chi connectivity index (χ1n) is 7.99. The molecule has 0 amide bonds. The molecule has 1 saturated heterocycles. The van der Waals surface area contributed by atoms with E-state index < -0.39 is 0 Å². The van der Waals surface area contributed by atoms with Crippen LogP contribution in [-0.4, -0.2) is 29.0 Å². The van der Waals surface area contributed by atoms with Crippen molar-refractivity contribution in [3.8, 4) is 0 Å². The Kier molecular flexibility index (Phi) is 5.60. The van der Waals surface area contributed by atoms with Gasteiger partial charge in [0.1, 0.15) is 5.82 Å². The number of nitrogens with one attached hydrogen (secondary N) is 1. The van der Waals surface area contributed by atoms with Crippen molar-refractivity contribution in [1.29, 1.82) is 0 Å². The number of rotatable bonds is 5. The highest BCUT2D eigenvalue weighted by molar-refractivity contribution is 6.31. The summed E-state index contributed by atoms with van der Waals surface area (Å²) in [5.41, 5.74) is 2.24. The van der Waals surface area contributed by atoms with Gasteiger partial charge in [0.2, 0.25) is 0 Å². The van der Waals surface area contributed by atoms with Crippen molar-refractivity contribution in [1.82, 2.24) is 15.2 Å². The molecule has 1 aromatic carbocycles. The van der Waals surface area contributed by atoms with Crippen LogP contribution in [0.2, 0.25) is 5.02 Å². The van der Waals surface area contributed by atoms with Gasteiger partial charge in [0, 0.05) is 43.1 Å². The SMILES string of the molecule is Fc1ccc(CN2CCCC(NCc3ccncc3)C2)c(Cl)c1. The van der Waals surface area contributed by atoms with Crippen LogP contribution in [0, 0.1) is 5.82 Å². The van der Waals surface area contributed by atoms with Gasteiger partial charge in [-0.2, -0.15) is 0 Å². The summed E-state index contributed by atoms with van der Waals surface area (Å²) in [6, 6.07) is 9.18. The van der Waals surface area contributed by atoms with Crippen molar-refractivity contribution in [3.05, 3.63) is 64.7 Å². The van der Waals surface area contributed by atoms with Gasteiger partial charge in [0.05, 0.1) is 0 Å². The van der Waals surface area contributed by atoms with Gasteiger partial charge in [-0.05, 0) is 54.8 Å². The molecule has 1 N–H and O–H groups in total. The predicted molar refractivity (Wildman–Crippen MR) is 90.8 cm³/mol. The molecule has 122 valence electrons. The zero-order chi connectivity index (χ0) is 16.1. The van der Waals surface area contributed by atoms with Crippen LogP contribution >= 0.6 is 11.6 Å². The molecule has 0 aliphatic carbocycles. The number of benzene rings is 1. The Morgan fingerprint density at radius 3 is 2.87 bits per heavy atom. The van der Waals surface area contributed by atoms with Crippen LogP contribution in [0.25, 0.3) is 0 Å². The molecule has 1 aliphatic rings. The molecular weight excluding hydrogens is 313 g/mol. The van der Waals surface area contributed by atoms with E-state index in [1.54, 1.807) is 6.07 Å². The summed E-state index contributed by atoms with van der Waals surface area (Å²) in [6.07, 6.45) is 5.98. The molecule has 2 heterocycles. The second-order valence-corrected chi connectivity index (χ2v) is 6.45. The van der Waals surface area contributed by atoms with Gasteiger partial charge in [-0.15, -0.1) is 0 Å². The number of nitrogens with zero attached hydrogens (tertiary/aromatic N) is 2. The van der Waals surface area contributed by atoms with Crippen molar-refractivity contribution in [3.63, 3.8) is 0 Å². The van der Waals surface area contributed by atoms with Crippen LogP contribution in [0.15, 0.2) is 42.7 Å². The molecule has 1 fully saturated rings. The van der Waals surface area contributed by atoms with Gasteiger partial charge in [0.15, 0.2) is 0 Å². The summed E-state index contributed by atoms with van der Waals surface area (Å²) in [5.74, 6) is -0.283. The minimum Gasteiger partial charge on any atom is -0.309 e. The average molecular weight is 334 g/mol. The third kappa shape index (κ3) is 4.74. The number of piperidine rings is 1. The fourth-order valence-corrected chi connectivity index (χ4v) is 3.25. The molecule has 3 rings (SSSR count).